The highest BCUT2D eigenvalue weighted by Gasteiger charge is 2.19. The Morgan fingerprint density at radius 1 is 1.24 bits per heavy atom. The number of nitrogens with one attached hydrogen (secondary N) is 1. The average molecular weight is 310 g/mol. The smallest absolute Gasteiger partial charge is 0.191 e. The van der Waals surface area contributed by atoms with Gasteiger partial charge in [0, 0.05) is 25.8 Å². The Kier molecular flexibility index (Phi) is 5.55. The van der Waals surface area contributed by atoms with Crippen LogP contribution in [0, 0.1) is 5.92 Å². The van der Waals surface area contributed by atoms with E-state index in [0.717, 1.165) is 48.8 Å². The molecule has 1 N–H and O–H groups in total. The van der Waals surface area contributed by atoms with Gasteiger partial charge in [-0.05, 0) is 51.1 Å². The van der Waals surface area contributed by atoms with Gasteiger partial charge in [0.25, 0.3) is 0 Å². The lowest BCUT2D eigenvalue weighted by atomic mass is 9.94. The van der Waals surface area contributed by atoms with E-state index < -0.39 is 0 Å². The molecule has 1 aromatic heterocycles. The van der Waals surface area contributed by atoms with Gasteiger partial charge in [-0.3, -0.25) is 0 Å². The number of thioether (sulfide) groups is 1. The molecule has 1 aromatic rings. The van der Waals surface area contributed by atoms with Crippen molar-refractivity contribution < 1.29 is 4.74 Å². The minimum atomic E-state index is 0.397. The Morgan fingerprint density at radius 3 is 2.86 bits per heavy atom. The molecule has 0 spiro atoms. The normalized spacial score (nSPS) is 24.3. The molecule has 2 aliphatic rings. The van der Waals surface area contributed by atoms with Gasteiger partial charge in [-0.1, -0.05) is 11.8 Å². The molecule has 0 saturated carbocycles. The molecule has 6 heteroatoms. The highest BCUT2D eigenvalue weighted by molar-refractivity contribution is 7.99. The van der Waals surface area contributed by atoms with E-state index in [0.29, 0.717) is 6.10 Å². The third-order valence-corrected chi connectivity index (χ3v) is 5.68. The summed E-state index contributed by atoms with van der Waals surface area (Å²) in [4.78, 5) is 0. The van der Waals surface area contributed by atoms with E-state index >= 15 is 0 Å². The van der Waals surface area contributed by atoms with Crippen LogP contribution < -0.4 is 5.32 Å². The van der Waals surface area contributed by atoms with Gasteiger partial charge >= 0.3 is 0 Å². The van der Waals surface area contributed by atoms with Crippen LogP contribution >= 0.6 is 11.8 Å². The topological polar surface area (TPSA) is 52.0 Å². The number of aromatic nitrogens is 3. The largest absolute Gasteiger partial charge is 0.377 e. The van der Waals surface area contributed by atoms with E-state index in [1.165, 1.54) is 32.1 Å². The third-order valence-electron chi connectivity index (χ3n) is 4.53. The van der Waals surface area contributed by atoms with Crippen molar-refractivity contribution in [2.45, 2.75) is 49.8 Å². The summed E-state index contributed by atoms with van der Waals surface area (Å²) in [5.41, 5.74) is 0. The van der Waals surface area contributed by atoms with Crippen molar-refractivity contribution in [2.24, 2.45) is 13.0 Å². The zero-order valence-electron chi connectivity index (χ0n) is 12.9. The monoisotopic (exact) mass is 310 g/mol. The number of nitrogens with zero attached hydrogens (tertiary/aromatic N) is 3. The van der Waals surface area contributed by atoms with Gasteiger partial charge in [0.1, 0.15) is 5.82 Å². The number of rotatable bonds is 5. The maximum Gasteiger partial charge on any atom is 0.191 e. The summed E-state index contributed by atoms with van der Waals surface area (Å²) >= 11 is 1.79. The molecule has 0 bridgehead atoms. The van der Waals surface area contributed by atoms with Crippen LogP contribution in [-0.4, -0.2) is 46.3 Å². The fourth-order valence-corrected chi connectivity index (χ4v) is 4.09. The summed E-state index contributed by atoms with van der Waals surface area (Å²) in [5, 5.41) is 13.2. The van der Waals surface area contributed by atoms with E-state index in [1.807, 2.05) is 0 Å². The zero-order chi connectivity index (χ0) is 14.5. The summed E-state index contributed by atoms with van der Waals surface area (Å²) in [6.45, 7) is 3.21. The number of piperidine rings is 1. The van der Waals surface area contributed by atoms with Crippen molar-refractivity contribution in [2.75, 3.05) is 25.4 Å². The fourth-order valence-electron chi connectivity index (χ4n) is 3.10. The predicted molar refractivity (Wildman–Crippen MR) is 84.6 cm³/mol. The molecule has 0 unspecified atom stereocenters. The number of hydrogen-bond acceptors (Lipinski definition) is 5. The van der Waals surface area contributed by atoms with Crippen molar-refractivity contribution >= 4 is 11.8 Å². The molecule has 0 aromatic carbocycles. The minimum Gasteiger partial charge on any atom is -0.377 e. The summed E-state index contributed by atoms with van der Waals surface area (Å²) < 4.78 is 7.96. The van der Waals surface area contributed by atoms with Crippen LogP contribution in [0.1, 0.15) is 37.9 Å². The lowest BCUT2D eigenvalue weighted by Crippen LogP contribution is -2.29. The van der Waals surface area contributed by atoms with Gasteiger partial charge < -0.3 is 14.6 Å². The fraction of sp³-hybridized carbons (Fsp3) is 0.867. The molecule has 3 rings (SSSR count). The quantitative estimate of drug-likeness (QED) is 0.843. The lowest BCUT2D eigenvalue weighted by molar-refractivity contribution is 0.0315. The Labute approximate surface area is 131 Å². The first-order valence-corrected chi connectivity index (χ1v) is 9.15. The zero-order valence-corrected chi connectivity index (χ0v) is 13.7. The van der Waals surface area contributed by atoms with Crippen LogP contribution in [0.15, 0.2) is 5.16 Å². The van der Waals surface area contributed by atoms with Gasteiger partial charge in [0.2, 0.25) is 0 Å². The first-order valence-electron chi connectivity index (χ1n) is 8.16. The second kappa shape index (κ2) is 7.61. The van der Waals surface area contributed by atoms with Crippen LogP contribution in [0.4, 0.5) is 0 Å². The molecule has 2 saturated heterocycles. The third kappa shape index (κ3) is 4.20. The van der Waals surface area contributed by atoms with E-state index in [-0.39, 0.29) is 0 Å². The minimum absolute atomic E-state index is 0.397. The molecular weight excluding hydrogens is 284 g/mol. The molecule has 0 radical (unpaired) electrons. The summed E-state index contributed by atoms with van der Waals surface area (Å²) in [5.74, 6) is 2.89. The van der Waals surface area contributed by atoms with Crippen molar-refractivity contribution in [3.05, 3.63) is 5.82 Å². The van der Waals surface area contributed by atoms with E-state index in [2.05, 4.69) is 27.1 Å². The average Bonchev–Trinajstić information content (AvgIpc) is 2.88. The van der Waals surface area contributed by atoms with Crippen molar-refractivity contribution in [1.82, 2.24) is 20.1 Å². The highest BCUT2D eigenvalue weighted by Crippen LogP contribution is 2.24. The molecule has 0 aliphatic carbocycles. The second-order valence-corrected chi connectivity index (χ2v) is 7.14. The maximum absolute atomic E-state index is 5.78. The molecule has 1 atom stereocenters. The Morgan fingerprint density at radius 2 is 2.10 bits per heavy atom. The molecule has 0 amide bonds. The Bertz CT molecular complexity index is 439. The SMILES string of the molecule is Cn1c(CC2CCNCC2)nnc1SC[C@H]1CCCCO1. The van der Waals surface area contributed by atoms with Crippen LogP contribution in [0.3, 0.4) is 0 Å². The Hall–Kier alpha value is -0.590. The molecule has 118 valence electrons. The maximum atomic E-state index is 5.78. The highest BCUT2D eigenvalue weighted by atomic mass is 32.2. The van der Waals surface area contributed by atoms with Gasteiger partial charge in [0.05, 0.1) is 6.10 Å². The van der Waals surface area contributed by atoms with Gasteiger partial charge in [-0.15, -0.1) is 10.2 Å². The van der Waals surface area contributed by atoms with Crippen LogP contribution in [0.25, 0.3) is 0 Å². The molecule has 21 heavy (non-hydrogen) atoms. The van der Waals surface area contributed by atoms with E-state index in [4.69, 9.17) is 4.74 Å². The van der Waals surface area contributed by atoms with Gasteiger partial charge in [-0.25, -0.2) is 0 Å². The molecule has 3 heterocycles. The van der Waals surface area contributed by atoms with Crippen molar-refractivity contribution in [3.8, 4) is 0 Å². The summed E-state index contributed by atoms with van der Waals surface area (Å²) in [6, 6.07) is 0. The molecular formula is C15H26N4OS. The van der Waals surface area contributed by atoms with E-state index in [1.54, 1.807) is 11.8 Å². The van der Waals surface area contributed by atoms with Crippen LogP contribution in [0.5, 0.6) is 0 Å². The Balaban J connectivity index is 1.51. The molecule has 5 nitrogen and oxygen atoms in total. The van der Waals surface area contributed by atoms with E-state index in [9.17, 15) is 0 Å². The first-order chi connectivity index (χ1) is 10.3. The standard InChI is InChI=1S/C15H26N4OS/c1-19-14(10-12-5-7-16-8-6-12)17-18-15(19)21-11-13-4-2-3-9-20-13/h12-13,16H,2-11H2,1H3/t13-/m1/s1. The first kappa shape index (κ1) is 15.3. The second-order valence-electron chi connectivity index (χ2n) is 6.15. The van der Waals surface area contributed by atoms with Crippen LogP contribution in [0.2, 0.25) is 0 Å². The van der Waals surface area contributed by atoms with Crippen LogP contribution in [-0.2, 0) is 18.2 Å². The number of ether oxygens (including phenoxy) is 1. The summed E-state index contributed by atoms with van der Waals surface area (Å²) in [7, 11) is 2.10. The number of hydrogen-bond donors (Lipinski definition) is 1. The summed E-state index contributed by atoms with van der Waals surface area (Å²) in [6.07, 6.45) is 7.67. The van der Waals surface area contributed by atoms with Gasteiger partial charge in [-0.2, -0.15) is 0 Å². The lowest BCUT2D eigenvalue weighted by Gasteiger charge is -2.22. The molecule has 2 aliphatic heterocycles. The van der Waals surface area contributed by atoms with Crippen molar-refractivity contribution in [3.63, 3.8) is 0 Å². The predicted octanol–water partition coefficient (Wildman–Crippen LogP) is 2.02. The van der Waals surface area contributed by atoms with Crippen molar-refractivity contribution in [1.29, 1.82) is 0 Å². The molecule has 2 fully saturated rings. The van der Waals surface area contributed by atoms with Gasteiger partial charge in [0.15, 0.2) is 5.16 Å².